The lowest BCUT2D eigenvalue weighted by molar-refractivity contribution is -0.134. The number of halogens is 1. The van der Waals surface area contributed by atoms with Gasteiger partial charge in [0.15, 0.2) is 5.16 Å². The van der Waals surface area contributed by atoms with Crippen LogP contribution in [0.3, 0.4) is 0 Å². The van der Waals surface area contributed by atoms with Crippen LogP contribution in [0.5, 0.6) is 0 Å². The first-order chi connectivity index (χ1) is 12.7. The Bertz CT molecular complexity index is 910. The third kappa shape index (κ3) is 3.72. The maximum atomic E-state index is 13.2. The van der Waals surface area contributed by atoms with Crippen LogP contribution < -0.4 is 0 Å². The van der Waals surface area contributed by atoms with Crippen molar-refractivity contribution >= 4 is 40.3 Å². The molecule has 1 atom stereocenters. The smallest absolute Gasteiger partial charge is 0.240 e. The molecule has 1 unspecified atom stereocenters. The van der Waals surface area contributed by atoms with E-state index in [9.17, 15) is 4.79 Å². The second-order valence-electron chi connectivity index (χ2n) is 6.05. The van der Waals surface area contributed by atoms with Crippen LogP contribution in [0.4, 0.5) is 0 Å². The molecule has 1 aliphatic rings. The second-order valence-corrected chi connectivity index (χ2v) is 7.58. The number of morpholine rings is 1. The number of ether oxygens (including phenoxy) is 1. The minimum absolute atomic E-state index is 0.0861. The summed E-state index contributed by atoms with van der Waals surface area (Å²) in [6.45, 7) is 2.42. The molecular weight excluding hydrogens is 370 g/mol. The SMILES string of the molecule is O=C(C(Sc1nc2ccc(Cl)cc2[nH]1)c1ccccc1)N1CCOCC1. The van der Waals surface area contributed by atoms with E-state index in [-0.39, 0.29) is 11.2 Å². The molecule has 5 nitrogen and oxygen atoms in total. The first-order valence-electron chi connectivity index (χ1n) is 8.44. The van der Waals surface area contributed by atoms with Gasteiger partial charge in [0.25, 0.3) is 0 Å². The fraction of sp³-hybridized carbons (Fsp3) is 0.263. The number of thioether (sulfide) groups is 1. The zero-order valence-corrected chi connectivity index (χ0v) is 15.6. The highest BCUT2D eigenvalue weighted by molar-refractivity contribution is 8.00. The average molecular weight is 388 g/mol. The fourth-order valence-corrected chi connectivity index (χ4v) is 4.22. The number of nitrogens with one attached hydrogen (secondary N) is 1. The number of amides is 1. The molecule has 4 rings (SSSR count). The number of carbonyl (C=O) groups excluding carboxylic acids is 1. The van der Waals surface area contributed by atoms with Gasteiger partial charge in [0, 0.05) is 18.1 Å². The average Bonchev–Trinajstić information content (AvgIpc) is 3.08. The Morgan fingerprint density at radius 2 is 1.96 bits per heavy atom. The van der Waals surface area contributed by atoms with Gasteiger partial charge < -0.3 is 14.6 Å². The molecule has 2 aromatic carbocycles. The molecule has 3 aromatic rings. The van der Waals surface area contributed by atoms with Crippen molar-refractivity contribution in [1.29, 1.82) is 0 Å². The third-order valence-electron chi connectivity index (χ3n) is 4.30. The summed E-state index contributed by atoms with van der Waals surface area (Å²) in [5.41, 5.74) is 2.67. The predicted molar refractivity (Wildman–Crippen MR) is 104 cm³/mol. The number of hydrogen-bond acceptors (Lipinski definition) is 4. The van der Waals surface area contributed by atoms with Crippen LogP contribution in [0.15, 0.2) is 53.7 Å². The van der Waals surface area contributed by atoms with E-state index in [1.54, 1.807) is 0 Å². The van der Waals surface area contributed by atoms with Gasteiger partial charge in [-0.3, -0.25) is 4.79 Å². The van der Waals surface area contributed by atoms with Crippen LogP contribution in [0.1, 0.15) is 10.8 Å². The molecule has 1 amide bonds. The molecule has 1 N–H and O–H groups in total. The number of imidazole rings is 1. The van der Waals surface area contributed by atoms with Crippen molar-refractivity contribution in [2.45, 2.75) is 10.4 Å². The summed E-state index contributed by atoms with van der Waals surface area (Å²) in [5, 5.41) is 1.00. The molecule has 1 fully saturated rings. The highest BCUT2D eigenvalue weighted by atomic mass is 35.5. The molecule has 0 bridgehead atoms. The van der Waals surface area contributed by atoms with Gasteiger partial charge >= 0.3 is 0 Å². The van der Waals surface area contributed by atoms with Crippen molar-refractivity contribution in [1.82, 2.24) is 14.9 Å². The lowest BCUT2D eigenvalue weighted by atomic mass is 10.1. The van der Waals surface area contributed by atoms with Crippen molar-refractivity contribution in [2.24, 2.45) is 0 Å². The lowest BCUT2D eigenvalue weighted by Crippen LogP contribution is -2.42. The standard InChI is InChI=1S/C19H18ClN3O2S/c20-14-6-7-15-16(12-14)22-19(21-15)26-17(13-4-2-1-3-5-13)18(24)23-8-10-25-11-9-23/h1-7,12,17H,8-11H2,(H,21,22). The topological polar surface area (TPSA) is 58.2 Å². The largest absolute Gasteiger partial charge is 0.378 e. The van der Waals surface area contributed by atoms with E-state index in [0.29, 0.717) is 36.5 Å². The van der Waals surface area contributed by atoms with Crippen molar-refractivity contribution in [3.8, 4) is 0 Å². The molecule has 0 radical (unpaired) electrons. The number of benzene rings is 2. The summed E-state index contributed by atoms with van der Waals surface area (Å²) in [7, 11) is 0. The van der Waals surface area contributed by atoms with Gasteiger partial charge in [-0.05, 0) is 23.8 Å². The van der Waals surface area contributed by atoms with Gasteiger partial charge in [-0.1, -0.05) is 53.7 Å². The zero-order chi connectivity index (χ0) is 17.9. The molecule has 0 aliphatic carbocycles. The van der Waals surface area contributed by atoms with Gasteiger partial charge in [0.1, 0.15) is 5.25 Å². The number of fused-ring (bicyclic) bond motifs is 1. The molecule has 26 heavy (non-hydrogen) atoms. The normalized spacial score (nSPS) is 16.0. The molecule has 134 valence electrons. The summed E-state index contributed by atoms with van der Waals surface area (Å²) in [4.78, 5) is 22.9. The van der Waals surface area contributed by atoms with Crippen LogP contribution in [0.25, 0.3) is 11.0 Å². The van der Waals surface area contributed by atoms with Gasteiger partial charge in [0.05, 0.1) is 24.2 Å². The van der Waals surface area contributed by atoms with Crippen LogP contribution in [0, 0.1) is 0 Å². The Kier molecular flexibility index (Phi) is 5.15. The van der Waals surface area contributed by atoms with Crippen molar-refractivity contribution < 1.29 is 9.53 Å². The lowest BCUT2D eigenvalue weighted by Gasteiger charge is -2.30. The number of carbonyl (C=O) groups is 1. The Balaban J connectivity index is 1.64. The van der Waals surface area contributed by atoms with E-state index in [4.69, 9.17) is 16.3 Å². The molecule has 1 aromatic heterocycles. The molecule has 7 heteroatoms. The van der Waals surface area contributed by atoms with E-state index in [2.05, 4.69) is 9.97 Å². The Labute approximate surface area is 160 Å². The highest BCUT2D eigenvalue weighted by Crippen LogP contribution is 2.36. The number of nitrogens with zero attached hydrogens (tertiary/aromatic N) is 2. The summed E-state index contributed by atoms with van der Waals surface area (Å²) >= 11 is 7.49. The third-order valence-corrected chi connectivity index (χ3v) is 5.66. The Morgan fingerprint density at radius 3 is 2.73 bits per heavy atom. The van der Waals surface area contributed by atoms with Crippen LogP contribution >= 0.6 is 23.4 Å². The number of H-pyrrole nitrogens is 1. The van der Waals surface area contributed by atoms with E-state index in [1.807, 2.05) is 53.4 Å². The number of hydrogen-bond donors (Lipinski definition) is 1. The van der Waals surface area contributed by atoms with Crippen molar-refractivity contribution in [2.75, 3.05) is 26.3 Å². The number of rotatable bonds is 4. The van der Waals surface area contributed by atoms with Crippen LogP contribution in [-0.4, -0.2) is 47.1 Å². The van der Waals surface area contributed by atoms with E-state index in [1.165, 1.54) is 11.8 Å². The number of aromatic amines is 1. The van der Waals surface area contributed by atoms with Crippen LogP contribution in [-0.2, 0) is 9.53 Å². The van der Waals surface area contributed by atoms with E-state index >= 15 is 0 Å². The molecule has 1 saturated heterocycles. The van der Waals surface area contributed by atoms with Gasteiger partial charge in [0.2, 0.25) is 5.91 Å². The molecule has 1 aliphatic heterocycles. The maximum Gasteiger partial charge on any atom is 0.240 e. The van der Waals surface area contributed by atoms with E-state index < -0.39 is 0 Å². The molecule has 2 heterocycles. The quantitative estimate of drug-likeness (QED) is 0.689. The second kappa shape index (κ2) is 7.70. The Hall–Kier alpha value is -2.02. The first-order valence-corrected chi connectivity index (χ1v) is 9.70. The van der Waals surface area contributed by atoms with Gasteiger partial charge in [-0.15, -0.1) is 0 Å². The molecule has 0 spiro atoms. The van der Waals surface area contributed by atoms with Crippen molar-refractivity contribution in [3.05, 3.63) is 59.1 Å². The summed E-state index contributed by atoms with van der Waals surface area (Å²) in [6, 6.07) is 15.3. The fourth-order valence-electron chi connectivity index (χ4n) is 2.96. The Morgan fingerprint density at radius 1 is 1.19 bits per heavy atom. The first kappa shape index (κ1) is 17.4. The predicted octanol–water partition coefficient (Wildman–Crippen LogP) is 3.91. The van der Waals surface area contributed by atoms with E-state index in [0.717, 1.165) is 16.6 Å². The summed E-state index contributed by atoms with van der Waals surface area (Å²) in [5.74, 6) is 0.0861. The minimum atomic E-state index is -0.356. The highest BCUT2D eigenvalue weighted by Gasteiger charge is 2.29. The molecule has 0 saturated carbocycles. The maximum absolute atomic E-state index is 13.2. The minimum Gasteiger partial charge on any atom is -0.378 e. The zero-order valence-electron chi connectivity index (χ0n) is 14.0. The molecular formula is C19H18ClN3O2S. The number of aromatic nitrogens is 2. The van der Waals surface area contributed by atoms with Crippen LogP contribution in [0.2, 0.25) is 5.02 Å². The van der Waals surface area contributed by atoms with Gasteiger partial charge in [-0.25, -0.2) is 4.98 Å². The van der Waals surface area contributed by atoms with Gasteiger partial charge in [-0.2, -0.15) is 0 Å². The summed E-state index contributed by atoms with van der Waals surface area (Å²) in [6.07, 6.45) is 0. The monoisotopic (exact) mass is 387 g/mol. The van der Waals surface area contributed by atoms with Crippen molar-refractivity contribution in [3.63, 3.8) is 0 Å². The summed E-state index contributed by atoms with van der Waals surface area (Å²) < 4.78 is 5.37.